The molecule has 3 aromatic carbocycles. The Kier molecular flexibility index (Phi) is 7.37. The summed E-state index contributed by atoms with van der Waals surface area (Å²) in [6.07, 6.45) is 0.0503. The molecule has 2 aliphatic heterocycles. The monoisotopic (exact) mass is 604 g/mol. The van der Waals surface area contributed by atoms with Crippen LogP contribution in [0.5, 0.6) is 5.75 Å². The fourth-order valence-electron chi connectivity index (χ4n) is 4.89. The number of hydrogen-bond acceptors (Lipinski definition) is 5. The van der Waals surface area contributed by atoms with Crippen LogP contribution in [0, 0.1) is 12.8 Å². The molecule has 0 unspecified atom stereocenters. The molecule has 3 amide bonds. The van der Waals surface area contributed by atoms with Crippen LogP contribution in [-0.2, 0) is 9.59 Å². The van der Waals surface area contributed by atoms with Gasteiger partial charge in [-0.2, -0.15) is 0 Å². The summed E-state index contributed by atoms with van der Waals surface area (Å²) in [5.74, 6) is -2.48. The molecule has 200 valence electrons. The quantitative estimate of drug-likeness (QED) is 0.104. The maximum absolute atomic E-state index is 13.2. The van der Waals surface area contributed by atoms with Crippen molar-refractivity contribution in [1.29, 1.82) is 0 Å². The number of imide groups is 1. The van der Waals surface area contributed by atoms with Crippen LogP contribution in [0.4, 0.5) is 5.69 Å². The largest absolute Gasteiger partial charge is 0.426 e. The zero-order valence-electron chi connectivity index (χ0n) is 20.6. The first-order valence-corrected chi connectivity index (χ1v) is 13.4. The third-order valence-electron chi connectivity index (χ3n) is 6.97. The minimum absolute atomic E-state index is 0.0503. The van der Waals surface area contributed by atoms with Gasteiger partial charge in [0.15, 0.2) is 0 Å². The van der Waals surface area contributed by atoms with Crippen LogP contribution in [-0.4, -0.2) is 35.1 Å². The van der Waals surface area contributed by atoms with Gasteiger partial charge < -0.3 is 9.64 Å². The number of nitrogens with zero attached hydrogens (tertiary/aromatic N) is 2. The summed E-state index contributed by atoms with van der Waals surface area (Å²) in [4.78, 5) is 54.6. The fraction of sp³-hybridized carbons (Fsp3) is 0.214. The third-order valence-corrected chi connectivity index (χ3v) is 8.77. The van der Waals surface area contributed by atoms with Crippen LogP contribution in [0.15, 0.2) is 48.5 Å². The number of fused-ring (bicyclic) bond motifs is 1. The molecule has 5 rings (SSSR count). The molecular formula is C28H20Cl4N2O5. The van der Waals surface area contributed by atoms with E-state index in [4.69, 9.17) is 51.1 Å². The lowest BCUT2D eigenvalue weighted by atomic mass is 10.1. The van der Waals surface area contributed by atoms with Gasteiger partial charge in [0.1, 0.15) is 5.75 Å². The highest BCUT2D eigenvalue weighted by Gasteiger charge is 2.43. The molecule has 1 fully saturated rings. The number of halogens is 4. The van der Waals surface area contributed by atoms with E-state index in [0.717, 1.165) is 10.5 Å². The highest BCUT2D eigenvalue weighted by molar-refractivity contribution is 6.56. The highest BCUT2D eigenvalue weighted by atomic mass is 35.5. The van der Waals surface area contributed by atoms with Crippen molar-refractivity contribution < 1.29 is 23.9 Å². The Morgan fingerprint density at radius 1 is 0.897 bits per heavy atom. The van der Waals surface area contributed by atoms with Gasteiger partial charge in [-0.1, -0.05) is 76.7 Å². The summed E-state index contributed by atoms with van der Waals surface area (Å²) in [6, 6.07) is 13.9. The Morgan fingerprint density at radius 2 is 1.49 bits per heavy atom. The topological polar surface area (TPSA) is 84.0 Å². The Bertz CT molecular complexity index is 1510. The van der Waals surface area contributed by atoms with E-state index in [9.17, 15) is 19.2 Å². The van der Waals surface area contributed by atoms with Gasteiger partial charge >= 0.3 is 5.97 Å². The summed E-state index contributed by atoms with van der Waals surface area (Å²) in [5.41, 5.74) is 1.44. The number of hydrogen-bond donors (Lipinski definition) is 0. The minimum Gasteiger partial charge on any atom is -0.426 e. The number of benzene rings is 3. The predicted octanol–water partition coefficient (Wildman–Crippen LogP) is 6.92. The molecule has 39 heavy (non-hydrogen) atoms. The molecule has 0 aromatic heterocycles. The van der Waals surface area contributed by atoms with Crippen molar-refractivity contribution in [2.45, 2.75) is 26.3 Å². The van der Waals surface area contributed by atoms with Crippen molar-refractivity contribution in [2.75, 3.05) is 11.4 Å². The van der Waals surface area contributed by atoms with Gasteiger partial charge in [-0.05, 0) is 43.2 Å². The lowest BCUT2D eigenvalue weighted by Gasteiger charge is -2.25. The number of carbonyl (C=O) groups is 4. The van der Waals surface area contributed by atoms with E-state index >= 15 is 0 Å². The molecule has 1 saturated heterocycles. The number of rotatable bonds is 5. The second kappa shape index (κ2) is 10.5. The maximum Gasteiger partial charge on any atom is 0.316 e. The van der Waals surface area contributed by atoms with Crippen molar-refractivity contribution >= 4 is 75.8 Å². The van der Waals surface area contributed by atoms with Crippen molar-refractivity contribution in [3.8, 4) is 5.75 Å². The van der Waals surface area contributed by atoms with Crippen molar-refractivity contribution in [3.05, 3.63) is 90.9 Å². The van der Waals surface area contributed by atoms with E-state index in [1.165, 1.54) is 18.2 Å². The second-order valence-corrected chi connectivity index (χ2v) is 10.9. The standard InChI is InChI=1S/C28H20Cl4N2O5/c1-13-10-17(39-28(38)16-11-19(35)33(12-16)14(2)15-6-4-3-5-7-15)8-9-18(13)34-26(36)20-21(27(34)37)23(30)25(32)24(31)22(20)29/h3-10,14,16H,11-12H2,1-2H3/t14-,16-/m1/s1. The Hall–Kier alpha value is -3.10. The average Bonchev–Trinajstić information content (AvgIpc) is 3.43. The summed E-state index contributed by atoms with van der Waals surface area (Å²) in [6.45, 7) is 3.82. The lowest BCUT2D eigenvalue weighted by molar-refractivity contribution is -0.139. The number of carbonyl (C=O) groups excluding carboxylic acids is 4. The Morgan fingerprint density at radius 3 is 2.05 bits per heavy atom. The normalized spacial score (nSPS) is 17.6. The molecule has 7 nitrogen and oxygen atoms in total. The van der Waals surface area contributed by atoms with Gasteiger partial charge in [0.2, 0.25) is 5.91 Å². The maximum atomic E-state index is 13.2. The number of aryl methyl sites for hydroxylation is 1. The average molecular weight is 606 g/mol. The van der Waals surface area contributed by atoms with Crippen LogP contribution in [0.2, 0.25) is 20.1 Å². The molecule has 0 N–H and O–H groups in total. The molecule has 2 heterocycles. The van der Waals surface area contributed by atoms with Crippen molar-refractivity contribution in [1.82, 2.24) is 4.90 Å². The summed E-state index contributed by atoms with van der Waals surface area (Å²) < 4.78 is 5.58. The molecule has 2 atom stereocenters. The molecule has 3 aromatic rings. The zero-order chi connectivity index (χ0) is 28.2. The number of ether oxygens (including phenoxy) is 1. The van der Waals surface area contributed by atoms with E-state index in [0.29, 0.717) is 5.56 Å². The summed E-state index contributed by atoms with van der Waals surface area (Å²) >= 11 is 24.6. The number of anilines is 1. The van der Waals surface area contributed by atoms with Crippen LogP contribution in [0.25, 0.3) is 0 Å². The molecule has 2 aliphatic rings. The van der Waals surface area contributed by atoms with Gasteiger partial charge in [-0.3, -0.25) is 19.2 Å². The molecular weight excluding hydrogens is 586 g/mol. The minimum atomic E-state index is -0.703. The van der Waals surface area contributed by atoms with E-state index in [-0.39, 0.29) is 67.6 Å². The number of likely N-dealkylation sites (tertiary alicyclic amines) is 1. The summed E-state index contributed by atoms with van der Waals surface area (Å²) in [5, 5.41) is -0.559. The fourth-order valence-corrected chi connectivity index (χ4v) is 5.90. The second-order valence-electron chi connectivity index (χ2n) is 9.35. The van der Waals surface area contributed by atoms with Crippen LogP contribution in [0.1, 0.15) is 51.2 Å². The first kappa shape index (κ1) is 27.5. The van der Waals surface area contributed by atoms with Gasteiger partial charge in [0.25, 0.3) is 11.8 Å². The van der Waals surface area contributed by atoms with Gasteiger partial charge in [0, 0.05) is 13.0 Å². The SMILES string of the molecule is Cc1cc(OC(=O)[C@@H]2CC(=O)N([C@H](C)c3ccccc3)C2)ccc1N1C(=O)c2c(Cl)c(Cl)c(Cl)c(Cl)c2C1=O. The zero-order valence-corrected chi connectivity index (χ0v) is 23.7. The number of amides is 3. The van der Waals surface area contributed by atoms with E-state index in [1.54, 1.807) is 11.8 Å². The van der Waals surface area contributed by atoms with Crippen LogP contribution >= 0.6 is 46.4 Å². The van der Waals surface area contributed by atoms with Crippen molar-refractivity contribution in [2.24, 2.45) is 5.92 Å². The van der Waals surface area contributed by atoms with Crippen LogP contribution < -0.4 is 9.64 Å². The predicted molar refractivity (Wildman–Crippen MR) is 149 cm³/mol. The molecule has 0 saturated carbocycles. The first-order chi connectivity index (χ1) is 18.5. The summed E-state index contributed by atoms with van der Waals surface area (Å²) in [7, 11) is 0. The Balaban J connectivity index is 1.33. The van der Waals surface area contributed by atoms with Gasteiger partial charge in [0.05, 0.1) is 48.9 Å². The van der Waals surface area contributed by atoms with Gasteiger partial charge in [-0.25, -0.2) is 4.90 Å². The first-order valence-electron chi connectivity index (χ1n) is 11.9. The number of esters is 1. The smallest absolute Gasteiger partial charge is 0.316 e. The highest BCUT2D eigenvalue weighted by Crippen LogP contribution is 2.46. The van der Waals surface area contributed by atoms with Gasteiger partial charge in [-0.15, -0.1) is 0 Å². The van der Waals surface area contributed by atoms with E-state index in [1.807, 2.05) is 37.3 Å². The van der Waals surface area contributed by atoms with Crippen molar-refractivity contribution in [3.63, 3.8) is 0 Å². The molecule has 0 radical (unpaired) electrons. The third kappa shape index (κ3) is 4.67. The lowest BCUT2D eigenvalue weighted by Crippen LogP contribution is -2.30. The molecule has 0 spiro atoms. The molecule has 0 bridgehead atoms. The van der Waals surface area contributed by atoms with Crippen LogP contribution in [0.3, 0.4) is 0 Å². The molecule has 11 heteroatoms. The molecule has 0 aliphatic carbocycles. The van der Waals surface area contributed by atoms with E-state index < -0.39 is 23.7 Å². The Labute approximate surface area is 244 Å². The van der Waals surface area contributed by atoms with E-state index in [2.05, 4.69) is 0 Å².